The van der Waals surface area contributed by atoms with Crippen molar-refractivity contribution in [3.63, 3.8) is 0 Å². The van der Waals surface area contributed by atoms with Crippen molar-refractivity contribution in [2.24, 2.45) is 4.99 Å². The maximum atomic E-state index is 5.02. The molecule has 0 aliphatic rings. The van der Waals surface area contributed by atoms with Crippen LogP contribution in [0.3, 0.4) is 0 Å². The van der Waals surface area contributed by atoms with Crippen LogP contribution < -0.4 is 5.32 Å². The summed E-state index contributed by atoms with van der Waals surface area (Å²) in [6.45, 7) is 1.98. The van der Waals surface area contributed by atoms with Crippen LogP contribution in [0.2, 0.25) is 0 Å². The number of ether oxygens (including phenoxy) is 1. The van der Waals surface area contributed by atoms with Crippen LogP contribution in [0.5, 0.6) is 0 Å². The van der Waals surface area contributed by atoms with Gasteiger partial charge in [-0.3, -0.25) is 0 Å². The van der Waals surface area contributed by atoms with Gasteiger partial charge >= 0.3 is 0 Å². The molecule has 78 valence electrons. The number of nitrogens with zero attached hydrogens (tertiary/aromatic N) is 2. The molecule has 0 fully saturated rings. The third-order valence-corrected chi connectivity index (χ3v) is 1.80. The molecule has 0 atom stereocenters. The van der Waals surface area contributed by atoms with Gasteiger partial charge in [0.05, 0.1) is 11.7 Å². The third-order valence-electron chi connectivity index (χ3n) is 1.46. The van der Waals surface area contributed by atoms with Crippen LogP contribution in [0.4, 0.5) is 0 Å². The van der Waals surface area contributed by atoms with E-state index in [4.69, 9.17) is 4.74 Å². The number of nitrogens with one attached hydrogen (secondary N) is 1. The summed E-state index contributed by atoms with van der Waals surface area (Å²) in [5.41, 5.74) is 0. The molecule has 0 aromatic heterocycles. The first-order chi connectivity index (χ1) is 6.20. The Morgan fingerprint density at radius 3 is 2.69 bits per heavy atom. The molecule has 0 aromatic rings. The number of hydrogen-bond donors (Lipinski definition) is 1. The number of hydrogen-bond acceptors (Lipinski definition) is 3. The lowest BCUT2D eigenvalue weighted by Crippen LogP contribution is -2.28. The Kier molecular flexibility index (Phi) is 8.53. The second-order valence-corrected chi connectivity index (χ2v) is 3.55. The van der Waals surface area contributed by atoms with Crippen molar-refractivity contribution in [1.29, 1.82) is 0 Å². The Balaban J connectivity index is 3.44. The zero-order chi connectivity index (χ0) is 10.1. The SMILES string of the molecule is CO/C(=N\CI)NCCCN(C)C. The summed E-state index contributed by atoms with van der Waals surface area (Å²) < 4.78 is 5.74. The number of methoxy groups -OCH3 is 1. The molecular formula is C8H18IN3O. The highest BCUT2D eigenvalue weighted by Crippen LogP contribution is 1.86. The predicted molar refractivity (Wildman–Crippen MR) is 64.5 cm³/mol. The molecule has 0 unspecified atom stereocenters. The molecule has 0 radical (unpaired) electrons. The number of rotatable bonds is 5. The zero-order valence-electron chi connectivity index (χ0n) is 8.51. The van der Waals surface area contributed by atoms with E-state index >= 15 is 0 Å². The van der Waals surface area contributed by atoms with Gasteiger partial charge in [-0.2, -0.15) is 0 Å². The van der Waals surface area contributed by atoms with E-state index in [-0.39, 0.29) is 0 Å². The molecule has 0 amide bonds. The van der Waals surface area contributed by atoms with E-state index in [1.807, 2.05) is 0 Å². The minimum Gasteiger partial charge on any atom is -0.469 e. The standard InChI is InChI=1S/C8H18IN3O/c1-12(2)6-4-5-10-8(13-3)11-7-9/h4-7H2,1-3H3,(H,10,11). The van der Waals surface area contributed by atoms with E-state index < -0.39 is 0 Å². The summed E-state index contributed by atoms with van der Waals surface area (Å²) in [6, 6.07) is 0.633. The molecule has 0 aromatic carbocycles. The van der Waals surface area contributed by atoms with Crippen molar-refractivity contribution < 1.29 is 4.74 Å². The minimum absolute atomic E-state index is 0.633. The van der Waals surface area contributed by atoms with Crippen molar-refractivity contribution in [2.45, 2.75) is 6.42 Å². The number of aliphatic imine (C=N–C) groups is 1. The lowest BCUT2D eigenvalue weighted by atomic mass is 10.4. The Morgan fingerprint density at radius 2 is 2.23 bits per heavy atom. The summed E-state index contributed by atoms with van der Waals surface area (Å²) in [5.74, 6) is 0. The molecule has 1 N–H and O–H groups in total. The number of amidine groups is 1. The maximum absolute atomic E-state index is 5.02. The quantitative estimate of drug-likeness (QED) is 0.205. The number of halogens is 1. The second kappa shape index (κ2) is 8.55. The van der Waals surface area contributed by atoms with Crippen molar-refractivity contribution in [1.82, 2.24) is 10.2 Å². The Morgan fingerprint density at radius 1 is 1.54 bits per heavy atom. The van der Waals surface area contributed by atoms with Crippen LogP contribution in [0.25, 0.3) is 0 Å². The van der Waals surface area contributed by atoms with Crippen LogP contribution >= 0.6 is 22.6 Å². The molecule has 0 saturated heterocycles. The first kappa shape index (κ1) is 13.0. The fraction of sp³-hybridized carbons (Fsp3) is 0.875. The summed E-state index contributed by atoms with van der Waals surface area (Å²) in [4.78, 5) is 6.27. The molecule has 0 aliphatic heterocycles. The van der Waals surface area contributed by atoms with Crippen LogP contribution in [0.15, 0.2) is 4.99 Å². The van der Waals surface area contributed by atoms with Crippen molar-refractivity contribution in [2.75, 3.05) is 38.8 Å². The van der Waals surface area contributed by atoms with Crippen LogP contribution in [-0.2, 0) is 4.74 Å². The summed E-state index contributed by atoms with van der Waals surface area (Å²) in [7, 11) is 5.76. The van der Waals surface area contributed by atoms with E-state index in [1.54, 1.807) is 7.11 Å². The first-order valence-corrected chi connectivity index (χ1v) is 5.76. The minimum atomic E-state index is 0.633. The van der Waals surface area contributed by atoms with Gasteiger partial charge in [-0.1, -0.05) is 22.6 Å². The molecule has 4 nitrogen and oxygen atoms in total. The van der Waals surface area contributed by atoms with Gasteiger partial charge in [-0.05, 0) is 27.1 Å². The highest BCUT2D eigenvalue weighted by Gasteiger charge is 1.95. The number of alkyl halides is 1. The van der Waals surface area contributed by atoms with Crippen molar-refractivity contribution >= 4 is 28.6 Å². The molecule has 0 rings (SSSR count). The average Bonchev–Trinajstić information content (AvgIpc) is 2.10. The van der Waals surface area contributed by atoms with E-state index in [0.717, 1.165) is 24.1 Å². The van der Waals surface area contributed by atoms with Gasteiger partial charge in [0, 0.05) is 6.54 Å². The third kappa shape index (κ3) is 8.29. The summed E-state index contributed by atoms with van der Waals surface area (Å²) in [5, 5.41) is 3.12. The Hall–Kier alpha value is -0.0400. The molecule has 13 heavy (non-hydrogen) atoms. The maximum Gasteiger partial charge on any atom is 0.285 e. The van der Waals surface area contributed by atoms with Crippen LogP contribution in [0.1, 0.15) is 6.42 Å². The van der Waals surface area contributed by atoms with Gasteiger partial charge in [-0.25, -0.2) is 4.99 Å². The molecule has 5 heteroatoms. The van der Waals surface area contributed by atoms with E-state index in [0.29, 0.717) is 6.02 Å². The molecular weight excluding hydrogens is 281 g/mol. The second-order valence-electron chi connectivity index (χ2n) is 2.87. The molecule has 0 saturated carbocycles. The van der Waals surface area contributed by atoms with Gasteiger partial charge in [0.25, 0.3) is 6.02 Å². The largest absolute Gasteiger partial charge is 0.469 e. The van der Waals surface area contributed by atoms with E-state index in [1.165, 1.54) is 0 Å². The van der Waals surface area contributed by atoms with Gasteiger partial charge in [0.15, 0.2) is 0 Å². The van der Waals surface area contributed by atoms with Crippen molar-refractivity contribution in [3.8, 4) is 0 Å². The topological polar surface area (TPSA) is 36.9 Å². The van der Waals surface area contributed by atoms with Crippen LogP contribution in [0, 0.1) is 0 Å². The van der Waals surface area contributed by atoms with Crippen LogP contribution in [-0.4, -0.2) is 49.8 Å². The van der Waals surface area contributed by atoms with Gasteiger partial charge < -0.3 is 15.0 Å². The lowest BCUT2D eigenvalue weighted by Gasteiger charge is -2.10. The smallest absolute Gasteiger partial charge is 0.285 e. The lowest BCUT2D eigenvalue weighted by molar-refractivity contribution is 0.368. The van der Waals surface area contributed by atoms with Gasteiger partial charge in [0.1, 0.15) is 0 Å². The van der Waals surface area contributed by atoms with Crippen molar-refractivity contribution in [3.05, 3.63) is 0 Å². The van der Waals surface area contributed by atoms with Gasteiger partial charge in [0.2, 0.25) is 0 Å². The molecule has 0 spiro atoms. The van der Waals surface area contributed by atoms with E-state index in [9.17, 15) is 0 Å². The molecule has 0 heterocycles. The highest BCUT2D eigenvalue weighted by molar-refractivity contribution is 14.1. The van der Waals surface area contributed by atoms with E-state index in [2.05, 4.69) is 51.9 Å². The van der Waals surface area contributed by atoms with Gasteiger partial charge in [-0.15, -0.1) is 0 Å². The molecule has 0 bridgehead atoms. The fourth-order valence-electron chi connectivity index (χ4n) is 0.838. The molecule has 0 aliphatic carbocycles. The highest BCUT2D eigenvalue weighted by atomic mass is 127. The first-order valence-electron chi connectivity index (χ1n) is 4.23. The predicted octanol–water partition coefficient (Wildman–Crippen LogP) is 0.923. The Labute approximate surface area is 93.9 Å². The summed E-state index contributed by atoms with van der Waals surface area (Å²) >= 11 is 2.18. The fourth-order valence-corrected chi connectivity index (χ4v) is 1.15. The Bertz CT molecular complexity index is 150. The normalized spacial score (nSPS) is 11.9. The zero-order valence-corrected chi connectivity index (χ0v) is 10.7. The average molecular weight is 299 g/mol. The monoisotopic (exact) mass is 299 g/mol. The summed E-state index contributed by atoms with van der Waals surface area (Å²) in [6.07, 6.45) is 1.09.